The quantitative estimate of drug-likeness (QED) is 0.309. The molecule has 0 bridgehead atoms. The number of aromatic nitrogens is 1. The van der Waals surface area contributed by atoms with Gasteiger partial charge < -0.3 is 20.4 Å². The summed E-state index contributed by atoms with van der Waals surface area (Å²) in [5, 5.41) is 7.96. The summed E-state index contributed by atoms with van der Waals surface area (Å²) < 4.78 is 5.68. The van der Waals surface area contributed by atoms with E-state index in [9.17, 15) is 0 Å². The second-order valence-corrected chi connectivity index (χ2v) is 6.43. The number of aromatic amines is 1. The highest BCUT2D eigenvalue weighted by atomic mass is 16.5. The van der Waals surface area contributed by atoms with Crippen LogP contribution in [0.3, 0.4) is 0 Å². The molecular weight excluding hydrogens is 336 g/mol. The van der Waals surface area contributed by atoms with Crippen LogP contribution in [0.4, 0.5) is 0 Å². The molecule has 0 atom stereocenters. The summed E-state index contributed by atoms with van der Waals surface area (Å²) in [4.78, 5) is 7.59. The minimum absolute atomic E-state index is 0.638. The van der Waals surface area contributed by atoms with Gasteiger partial charge in [0.15, 0.2) is 5.96 Å². The summed E-state index contributed by atoms with van der Waals surface area (Å²) in [5.41, 5.74) is 3.76. The molecule has 0 saturated carbocycles. The van der Waals surface area contributed by atoms with Crippen molar-refractivity contribution in [2.75, 3.05) is 26.7 Å². The molecule has 5 nitrogen and oxygen atoms in total. The number of para-hydroxylation sites is 1. The lowest BCUT2D eigenvalue weighted by Gasteiger charge is -2.12. The number of aliphatic imine (C=N–C) groups is 1. The summed E-state index contributed by atoms with van der Waals surface area (Å²) in [5.74, 6) is 0.817. The zero-order valence-corrected chi connectivity index (χ0v) is 15.9. The highest BCUT2D eigenvalue weighted by Gasteiger charge is 2.03. The van der Waals surface area contributed by atoms with Gasteiger partial charge in [-0.15, -0.1) is 0 Å². The predicted octanol–water partition coefficient (Wildman–Crippen LogP) is 3.48. The first-order valence-corrected chi connectivity index (χ1v) is 9.48. The average Bonchev–Trinajstić information content (AvgIpc) is 3.13. The van der Waals surface area contributed by atoms with Gasteiger partial charge in [0.2, 0.25) is 0 Å². The SMILES string of the molecule is CN=C(NCCCc1c[nH]c2ccccc12)NCCOCc1ccccc1. The summed E-state index contributed by atoms with van der Waals surface area (Å²) in [6.07, 6.45) is 4.20. The highest BCUT2D eigenvalue weighted by molar-refractivity contribution is 5.83. The Labute approximate surface area is 160 Å². The maximum absolute atomic E-state index is 5.68. The Morgan fingerprint density at radius 2 is 1.78 bits per heavy atom. The number of fused-ring (bicyclic) bond motifs is 1. The zero-order valence-electron chi connectivity index (χ0n) is 15.9. The van der Waals surface area contributed by atoms with Gasteiger partial charge in [0, 0.05) is 37.2 Å². The number of hydrogen-bond acceptors (Lipinski definition) is 2. The molecule has 0 radical (unpaired) electrons. The Morgan fingerprint density at radius 3 is 2.63 bits per heavy atom. The molecule has 0 fully saturated rings. The van der Waals surface area contributed by atoms with Gasteiger partial charge in [-0.1, -0.05) is 48.5 Å². The summed E-state index contributed by atoms with van der Waals surface area (Å²) in [6, 6.07) is 18.6. The molecule has 0 saturated heterocycles. The molecule has 27 heavy (non-hydrogen) atoms. The van der Waals surface area contributed by atoms with Crippen LogP contribution in [0.25, 0.3) is 10.9 Å². The first-order chi connectivity index (χ1) is 13.4. The fourth-order valence-corrected chi connectivity index (χ4v) is 3.05. The van der Waals surface area contributed by atoms with Crippen molar-refractivity contribution < 1.29 is 4.74 Å². The number of nitrogens with zero attached hydrogens (tertiary/aromatic N) is 1. The van der Waals surface area contributed by atoms with Crippen LogP contribution in [-0.2, 0) is 17.8 Å². The van der Waals surface area contributed by atoms with E-state index >= 15 is 0 Å². The highest BCUT2D eigenvalue weighted by Crippen LogP contribution is 2.18. The van der Waals surface area contributed by atoms with Crippen molar-refractivity contribution in [1.82, 2.24) is 15.6 Å². The molecule has 1 aromatic heterocycles. The second-order valence-electron chi connectivity index (χ2n) is 6.43. The van der Waals surface area contributed by atoms with E-state index in [2.05, 4.69) is 63.2 Å². The number of H-pyrrole nitrogens is 1. The molecular formula is C22H28N4O. The third-order valence-electron chi connectivity index (χ3n) is 4.46. The fourth-order valence-electron chi connectivity index (χ4n) is 3.05. The van der Waals surface area contributed by atoms with E-state index in [-0.39, 0.29) is 0 Å². The molecule has 3 N–H and O–H groups in total. The van der Waals surface area contributed by atoms with Crippen molar-refractivity contribution in [2.45, 2.75) is 19.4 Å². The third kappa shape index (κ3) is 5.86. The molecule has 0 spiro atoms. The molecule has 3 aromatic rings. The van der Waals surface area contributed by atoms with Crippen molar-refractivity contribution in [3.8, 4) is 0 Å². The van der Waals surface area contributed by atoms with Gasteiger partial charge in [0.05, 0.1) is 13.2 Å². The van der Waals surface area contributed by atoms with Gasteiger partial charge in [-0.2, -0.15) is 0 Å². The lowest BCUT2D eigenvalue weighted by Crippen LogP contribution is -2.39. The van der Waals surface area contributed by atoms with Gasteiger partial charge in [0.25, 0.3) is 0 Å². The number of rotatable bonds is 9. The van der Waals surface area contributed by atoms with Crippen molar-refractivity contribution in [2.24, 2.45) is 4.99 Å². The maximum Gasteiger partial charge on any atom is 0.191 e. The van der Waals surface area contributed by atoms with Gasteiger partial charge >= 0.3 is 0 Å². The minimum Gasteiger partial charge on any atom is -0.375 e. The molecule has 1 heterocycles. The molecule has 0 aliphatic heterocycles. The molecule has 0 amide bonds. The van der Waals surface area contributed by atoms with Gasteiger partial charge in [-0.25, -0.2) is 0 Å². The van der Waals surface area contributed by atoms with Crippen LogP contribution in [0, 0.1) is 0 Å². The first-order valence-electron chi connectivity index (χ1n) is 9.48. The van der Waals surface area contributed by atoms with E-state index in [1.807, 2.05) is 18.2 Å². The second kappa shape index (κ2) is 10.4. The van der Waals surface area contributed by atoms with E-state index < -0.39 is 0 Å². The molecule has 3 rings (SSSR count). The van der Waals surface area contributed by atoms with E-state index in [0.717, 1.165) is 31.9 Å². The van der Waals surface area contributed by atoms with Crippen LogP contribution >= 0.6 is 0 Å². The van der Waals surface area contributed by atoms with E-state index in [0.29, 0.717) is 13.2 Å². The van der Waals surface area contributed by atoms with Crippen LogP contribution in [0.5, 0.6) is 0 Å². The Hall–Kier alpha value is -2.79. The lowest BCUT2D eigenvalue weighted by atomic mass is 10.1. The largest absolute Gasteiger partial charge is 0.375 e. The Morgan fingerprint density at radius 1 is 1.00 bits per heavy atom. The molecule has 142 valence electrons. The molecule has 0 aliphatic carbocycles. The van der Waals surface area contributed by atoms with E-state index in [4.69, 9.17) is 4.74 Å². The topological polar surface area (TPSA) is 61.4 Å². The molecule has 2 aromatic carbocycles. The number of guanidine groups is 1. The van der Waals surface area contributed by atoms with Crippen LogP contribution in [0.15, 0.2) is 65.8 Å². The van der Waals surface area contributed by atoms with Crippen LogP contribution < -0.4 is 10.6 Å². The first kappa shape index (κ1) is 19.0. The van der Waals surface area contributed by atoms with E-state index in [1.54, 1.807) is 7.05 Å². The third-order valence-corrected chi connectivity index (χ3v) is 4.46. The van der Waals surface area contributed by atoms with Gasteiger partial charge in [-0.05, 0) is 30.0 Å². The van der Waals surface area contributed by atoms with E-state index in [1.165, 1.54) is 22.0 Å². The summed E-state index contributed by atoms with van der Waals surface area (Å²) >= 11 is 0. The van der Waals surface area contributed by atoms with Gasteiger partial charge in [0.1, 0.15) is 0 Å². The number of hydrogen-bond donors (Lipinski definition) is 3. The predicted molar refractivity (Wildman–Crippen MR) is 112 cm³/mol. The number of benzene rings is 2. The normalized spacial score (nSPS) is 11.7. The molecule has 0 aliphatic rings. The monoisotopic (exact) mass is 364 g/mol. The van der Waals surface area contributed by atoms with Crippen molar-refractivity contribution in [1.29, 1.82) is 0 Å². The molecule has 0 unspecified atom stereocenters. The van der Waals surface area contributed by atoms with Crippen LogP contribution in [0.1, 0.15) is 17.5 Å². The number of ether oxygens (including phenoxy) is 1. The summed E-state index contributed by atoms with van der Waals surface area (Å²) in [7, 11) is 1.79. The maximum atomic E-state index is 5.68. The van der Waals surface area contributed by atoms with Crippen molar-refractivity contribution in [3.63, 3.8) is 0 Å². The zero-order chi connectivity index (χ0) is 18.7. The number of nitrogens with one attached hydrogen (secondary N) is 3. The summed E-state index contributed by atoms with van der Waals surface area (Å²) in [6.45, 7) is 2.89. The lowest BCUT2D eigenvalue weighted by molar-refractivity contribution is 0.125. The fraction of sp³-hybridized carbons (Fsp3) is 0.318. The molecule has 5 heteroatoms. The van der Waals surface area contributed by atoms with Crippen molar-refractivity contribution in [3.05, 3.63) is 71.9 Å². The number of aryl methyl sites for hydroxylation is 1. The van der Waals surface area contributed by atoms with Crippen LogP contribution in [-0.4, -0.2) is 37.7 Å². The Kier molecular flexibility index (Phi) is 7.30. The van der Waals surface area contributed by atoms with Crippen LogP contribution in [0.2, 0.25) is 0 Å². The smallest absolute Gasteiger partial charge is 0.191 e. The average molecular weight is 364 g/mol. The van der Waals surface area contributed by atoms with Crippen molar-refractivity contribution >= 4 is 16.9 Å². The Bertz CT molecular complexity index is 842. The standard InChI is InChI=1S/C22H28N4O/c1-23-22(25-14-15-27-17-18-8-3-2-4-9-18)24-13-7-10-19-16-26-21-12-6-5-11-20(19)21/h2-6,8-9,11-12,16,26H,7,10,13-15,17H2,1H3,(H2,23,24,25). The Balaban J connectivity index is 1.30. The minimum atomic E-state index is 0.638. The van der Waals surface area contributed by atoms with Gasteiger partial charge in [-0.3, -0.25) is 4.99 Å².